The minimum absolute atomic E-state index is 0.000520. The molecule has 0 unspecified atom stereocenters. The van der Waals surface area contributed by atoms with E-state index >= 15 is 0 Å². The second-order valence-electron chi connectivity index (χ2n) is 5.47. The lowest BCUT2D eigenvalue weighted by molar-refractivity contribution is 0.0506. The lowest BCUT2D eigenvalue weighted by Crippen LogP contribution is -2.42. The van der Waals surface area contributed by atoms with Gasteiger partial charge in [0, 0.05) is 12.6 Å². The highest BCUT2D eigenvalue weighted by Crippen LogP contribution is 2.12. The lowest BCUT2D eigenvalue weighted by atomic mass is 10.2. The number of anilines is 1. The monoisotopic (exact) mass is 318 g/mol. The Morgan fingerprint density at radius 3 is 2.76 bits per heavy atom. The summed E-state index contributed by atoms with van der Waals surface area (Å²) in [6, 6.07) is -0.229. The van der Waals surface area contributed by atoms with Gasteiger partial charge in [-0.05, 0) is 38.8 Å². The Morgan fingerprint density at radius 2 is 2.19 bits per heavy atom. The van der Waals surface area contributed by atoms with Crippen LogP contribution in [-0.2, 0) is 4.74 Å². The molecular weight excluding hydrogens is 299 g/mol. The van der Waals surface area contributed by atoms with Gasteiger partial charge in [0.25, 0.3) is 0 Å². The molecule has 0 aromatic carbocycles. The van der Waals surface area contributed by atoms with Crippen LogP contribution in [0.25, 0.3) is 0 Å². The van der Waals surface area contributed by atoms with Crippen molar-refractivity contribution in [2.75, 3.05) is 11.9 Å². The van der Waals surface area contributed by atoms with E-state index in [0.717, 1.165) is 6.20 Å². The molecule has 1 amide bonds. The molecule has 1 aromatic heterocycles. The van der Waals surface area contributed by atoms with Gasteiger partial charge in [0.1, 0.15) is 5.60 Å². The van der Waals surface area contributed by atoms with Crippen LogP contribution in [0.5, 0.6) is 0 Å². The van der Waals surface area contributed by atoms with Crippen LogP contribution >= 0.6 is 11.6 Å². The molecule has 0 fully saturated rings. The molecule has 2 N–H and O–H groups in total. The molecule has 0 aliphatic carbocycles. The van der Waals surface area contributed by atoms with Gasteiger partial charge >= 0.3 is 6.09 Å². The van der Waals surface area contributed by atoms with E-state index in [1.807, 2.05) is 6.92 Å². The Balaban J connectivity index is 2.55. The Morgan fingerprint density at radius 1 is 1.52 bits per heavy atom. The number of carbonyl (C=O) groups excluding carboxylic acids is 1. The molecule has 0 saturated carbocycles. The Kier molecular flexibility index (Phi) is 6.14. The van der Waals surface area contributed by atoms with Crippen molar-refractivity contribution in [2.45, 2.75) is 45.8 Å². The van der Waals surface area contributed by atoms with Crippen LogP contribution in [0, 0.1) is 5.82 Å². The van der Waals surface area contributed by atoms with Crippen molar-refractivity contribution < 1.29 is 13.9 Å². The Bertz CT molecular complexity index is 494. The van der Waals surface area contributed by atoms with Gasteiger partial charge in [-0.25, -0.2) is 14.2 Å². The average Bonchev–Trinajstić information content (AvgIpc) is 2.36. The fourth-order valence-corrected chi connectivity index (χ4v) is 1.59. The number of carbonyl (C=O) groups is 1. The van der Waals surface area contributed by atoms with Gasteiger partial charge < -0.3 is 15.4 Å². The van der Waals surface area contributed by atoms with E-state index in [1.165, 1.54) is 0 Å². The normalized spacial score (nSPS) is 12.7. The third kappa shape index (κ3) is 6.57. The fraction of sp³-hybridized carbons (Fsp3) is 0.615. The number of aromatic nitrogens is 2. The molecular formula is C13H20ClFN4O2. The molecule has 118 valence electrons. The zero-order valence-corrected chi connectivity index (χ0v) is 13.3. The number of nitrogens with one attached hydrogen (secondary N) is 2. The second kappa shape index (κ2) is 7.40. The first-order valence-corrected chi connectivity index (χ1v) is 7.00. The Labute approximate surface area is 128 Å². The van der Waals surface area contributed by atoms with E-state index in [4.69, 9.17) is 16.3 Å². The molecule has 1 atom stereocenters. The third-order valence-corrected chi connectivity index (χ3v) is 2.63. The van der Waals surface area contributed by atoms with Crippen molar-refractivity contribution in [3.05, 3.63) is 17.3 Å². The molecule has 0 aliphatic heterocycles. The maximum atomic E-state index is 13.5. The summed E-state index contributed by atoms with van der Waals surface area (Å²) in [5, 5.41) is 5.45. The van der Waals surface area contributed by atoms with Crippen LogP contribution in [0.3, 0.4) is 0 Å². The van der Waals surface area contributed by atoms with Crippen LogP contribution in [-0.4, -0.2) is 34.2 Å². The predicted octanol–water partition coefficient (Wildman–Crippen LogP) is 2.98. The first-order valence-electron chi connectivity index (χ1n) is 6.62. The zero-order valence-electron chi connectivity index (χ0n) is 12.5. The summed E-state index contributed by atoms with van der Waals surface area (Å²) in [5.74, 6) is -0.606. The fourth-order valence-electron chi connectivity index (χ4n) is 1.46. The predicted molar refractivity (Wildman–Crippen MR) is 78.9 cm³/mol. The summed E-state index contributed by atoms with van der Waals surface area (Å²) >= 11 is 5.60. The molecule has 0 aliphatic rings. The van der Waals surface area contributed by atoms with Crippen molar-refractivity contribution in [3.8, 4) is 0 Å². The first kappa shape index (κ1) is 17.4. The maximum Gasteiger partial charge on any atom is 0.407 e. The zero-order chi connectivity index (χ0) is 16.0. The van der Waals surface area contributed by atoms with E-state index in [2.05, 4.69) is 20.6 Å². The summed E-state index contributed by atoms with van der Waals surface area (Å²) in [7, 11) is 0. The molecule has 8 heteroatoms. The van der Waals surface area contributed by atoms with Gasteiger partial charge in [-0.2, -0.15) is 4.98 Å². The Hall–Kier alpha value is -1.63. The molecule has 0 radical (unpaired) electrons. The largest absolute Gasteiger partial charge is 0.444 e. The van der Waals surface area contributed by atoms with Crippen LogP contribution in [0.4, 0.5) is 15.0 Å². The number of nitrogens with zero attached hydrogens (tertiary/aromatic N) is 2. The number of hydrogen-bond acceptors (Lipinski definition) is 5. The quantitative estimate of drug-likeness (QED) is 0.816. The van der Waals surface area contributed by atoms with Crippen molar-refractivity contribution in [1.82, 2.24) is 15.3 Å². The lowest BCUT2D eigenvalue weighted by Gasteiger charge is -2.23. The maximum absolute atomic E-state index is 13.5. The highest BCUT2D eigenvalue weighted by Gasteiger charge is 2.19. The molecule has 0 saturated heterocycles. The van der Waals surface area contributed by atoms with Crippen LogP contribution in [0.2, 0.25) is 5.28 Å². The third-order valence-electron chi connectivity index (χ3n) is 2.44. The minimum Gasteiger partial charge on any atom is -0.444 e. The average molecular weight is 319 g/mol. The smallest absolute Gasteiger partial charge is 0.407 e. The van der Waals surface area contributed by atoms with Gasteiger partial charge in [-0.1, -0.05) is 6.92 Å². The van der Waals surface area contributed by atoms with Crippen LogP contribution in [0.1, 0.15) is 34.1 Å². The van der Waals surface area contributed by atoms with Crippen LogP contribution in [0.15, 0.2) is 6.20 Å². The van der Waals surface area contributed by atoms with Crippen LogP contribution < -0.4 is 10.6 Å². The highest BCUT2D eigenvalue weighted by molar-refractivity contribution is 6.28. The molecule has 1 aromatic rings. The minimum atomic E-state index is -0.605. The molecule has 1 heterocycles. The van der Waals surface area contributed by atoms with Gasteiger partial charge in [0.15, 0.2) is 11.6 Å². The number of halogens is 2. The molecule has 6 nitrogen and oxygen atoms in total. The first-order chi connectivity index (χ1) is 9.71. The molecule has 1 rings (SSSR count). The number of rotatable bonds is 5. The summed E-state index contributed by atoms with van der Waals surface area (Å²) in [5.41, 5.74) is -0.567. The van der Waals surface area contributed by atoms with Crippen molar-refractivity contribution in [3.63, 3.8) is 0 Å². The van der Waals surface area contributed by atoms with E-state index < -0.39 is 17.5 Å². The van der Waals surface area contributed by atoms with Crippen molar-refractivity contribution in [2.24, 2.45) is 0 Å². The molecule has 0 spiro atoms. The van der Waals surface area contributed by atoms with Crippen molar-refractivity contribution in [1.29, 1.82) is 0 Å². The number of ether oxygens (including phenoxy) is 1. The standard InChI is InChI=1S/C13H20ClFN4O2/c1-5-8(18-12(20)21-13(2,3)4)6-16-10-9(15)7-17-11(14)19-10/h7-8H,5-6H2,1-4H3,(H,18,20)(H,16,17,19)/t8-/m1/s1. The number of amides is 1. The molecule has 21 heavy (non-hydrogen) atoms. The van der Waals surface area contributed by atoms with Gasteiger partial charge in [-0.3, -0.25) is 0 Å². The number of hydrogen-bond donors (Lipinski definition) is 2. The SMILES string of the molecule is CC[C@H](CNc1nc(Cl)ncc1F)NC(=O)OC(C)(C)C. The highest BCUT2D eigenvalue weighted by atomic mass is 35.5. The van der Waals surface area contributed by atoms with E-state index in [9.17, 15) is 9.18 Å². The van der Waals surface area contributed by atoms with Gasteiger partial charge in [0.2, 0.25) is 5.28 Å². The van der Waals surface area contributed by atoms with E-state index in [1.54, 1.807) is 20.8 Å². The summed E-state index contributed by atoms with van der Waals surface area (Å²) < 4.78 is 18.6. The number of alkyl carbamates (subject to hydrolysis) is 1. The topological polar surface area (TPSA) is 76.1 Å². The van der Waals surface area contributed by atoms with E-state index in [0.29, 0.717) is 13.0 Å². The summed E-state index contributed by atoms with van der Waals surface area (Å²) in [6.45, 7) is 7.53. The summed E-state index contributed by atoms with van der Waals surface area (Å²) in [4.78, 5) is 18.9. The second-order valence-corrected chi connectivity index (χ2v) is 5.81. The van der Waals surface area contributed by atoms with Crippen molar-refractivity contribution >= 4 is 23.5 Å². The van der Waals surface area contributed by atoms with E-state index in [-0.39, 0.29) is 17.1 Å². The molecule has 0 bridgehead atoms. The summed E-state index contributed by atoms with van der Waals surface area (Å²) in [6.07, 6.45) is 1.12. The van der Waals surface area contributed by atoms with Gasteiger partial charge in [-0.15, -0.1) is 0 Å². The van der Waals surface area contributed by atoms with Gasteiger partial charge in [0.05, 0.1) is 6.20 Å².